The topological polar surface area (TPSA) is 49.9 Å². The number of nitrogens with zero attached hydrogens (tertiary/aromatic N) is 2. The number of anilines is 1. The molecule has 5 nitrogen and oxygen atoms in total. The lowest BCUT2D eigenvalue weighted by molar-refractivity contribution is -0.137. The van der Waals surface area contributed by atoms with E-state index in [1.165, 1.54) is 12.1 Å². The summed E-state index contributed by atoms with van der Waals surface area (Å²) in [6, 6.07) is 5.89. The van der Waals surface area contributed by atoms with E-state index in [1.807, 2.05) is 0 Å². The van der Waals surface area contributed by atoms with Crippen LogP contribution in [0.2, 0.25) is 0 Å². The zero-order valence-electron chi connectivity index (χ0n) is 16.0. The van der Waals surface area contributed by atoms with Crippen LogP contribution >= 0.6 is 0 Å². The molecule has 1 fully saturated rings. The van der Waals surface area contributed by atoms with E-state index in [0.717, 1.165) is 47.2 Å². The van der Waals surface area contributed by atoms with E-state index in [1.54, 1.807) is 0 Å². The number of halogens is 6. The molecule has 2 amide bonds. The van der Waals surface area contributed by atoms with E-state index < -0.39 is 55.1 Å². The van der Waals surface area contributed by atoms with Crippen LogP contribution in [-0.2, 0) is 17.5 Å². The summed E-state index contributed by atoms with van der Waals surface area (Å²) in [6.07, 6.45) is -4.61. The Morgan fingerprint density at radius 1 is 1.10 bits per heavy atom. The molecule has 1 saturated heterocycles. The van der Waals surface area contributed by atoms with Crippen molar-refractivity contribution in [2.75, 3.05) is 25.1 Å². The molecular formula is C20H16F6N2O3. The predicted octanol–water partition coefficient (Wildman–Crippen LogP) is 4.71. The van der Waals surface area contributed by atoms with Crippen molar-refractivity contribution in [2.24, 2.45) is 0 Å². The smallest absolute Gasteiger partial charge is 0.416 e. The average Bonchev–Trinajstić information content (AvgIpc) is 2.69. The number of ether oxygens (including phenoxy) is 1. The maximum atomic E-state index is 14.5. The number of methoxy groups -OCH3 is 1. The van der Waals surface area contributed by atoms with Crippen molar-refractivity contribution < 1.29 is 40.7 Å². The van der Waals surface area contributed by atoms with Crippen LogP contribution in [0, 0.1) is 5.82 Å². The highest BCUT2D eigenvalue weighted by Crippen LogP contribution is 2.33. The first-order valence-electron chi connectivity index (χ1n) is 8.89. The Balaban J connectivity index is 1.91. The third-order valence-corrected chi connectivity index (χ3v) is 4.65. The predicted molar refractivity (Wildman–Crippen MR) is 97.3 cm³/mol. The number of urea groups is 1. The number of benzene rings is 2. The maximum Gasteiger partial charge on any atom is 0.416 e. The van der Waals surface area contributed by atoms with Crippen molar-refractivity contribution in [2.45, 2.75) is 18.6 Å². The van der Waals surface area contributed by atoms with Gasteiger partial charge in [0.1, 0.15) is 5.82 Å². The zero-order chi connectivity index (χ0) is 23.0. The molecule has 2 aromatic rings. The van der Waals surface area contributed by atoms with Gasteiger partial charge in [-0.15, -0.1) is 0 Å². The van der Waals surface area contributed by atoms with E-state index in [2.05, 4.69) is 4.74 Å². The summed E-state index contributed by atoms with van der Waals surface area (Å²) in [5, 5.41) is 0. The molecule has 166 valence electrons. The number of carbonyl (C=O) groups is 2. The molecule has 0 aromatic heterocycles. The molecule has 0 bridgehead atoms. The standard InChI is InChI=1S/C20H16F6N2O3/c1-31-17(29)12-2-3-13(16(21)8-12)9-28(18(30)27-10-19(22,23)11-27)15-6-4-14(5-7-15)20(24,25)26/h2-8H,9-11H2,1H3. The number of alkyl halides is 5. The molecule has 11 heteroatoms. The fraction of sp³-hybridized carbons (Fsp3) is 0.300. The highest BCUT2D eigenvalue weighted by Gasteiger charge is 2.47. The lowest BCUT2D eigenvalue weighted by Gasteiger charge is -2.41. The summed E-state index contributed by atoms with van der Waals surface area (Å²) in [6.45, 7) is -2.17. The highest BCUT2D eigenvalue weighted by molar-refractivity contribution is 5.93. The minimum absolute atomic E-state index is 0.0374. The van der Waals surface area contributed by atoms with Gasteiger partial charge in [0, 0.05) is 11.3 Å². The van der Waals surface area contributed by atoms with Crippen LogP contribution in [0.1, 0.15) is 21.5 Å². The second-order valence-electron chi connectivity index (χ2n) is 6.92. The minimum atomic E-state index is -4.61. The van der Waals surface area contributed by atoms with Gasteiger partial charge < -0.3 is 9.64 Å². The number of esters is 1. The molecule has 0 spiro atoms. The Bertz CT molecular complexity index is 983. The Kier molecular flexibility index (Phi) is 5.88. The van der Waals surface area contributed by atoms with Gasteiger partial charge in [0.2, 0.25) is 0 Å². The number of hydrogen-bond donors (Lipinski definition) is 0. The number of hydrogen-bond acceptors (Lipinski definition) is 3. The van der Waals surface area contributed by atoms with Gasteiger partial charge in [0.25, 0.3) is 5.92 Å². The van der Waals surface area contributed by atoms with Crippen molar-refractivity contribution in [3.8, 4) is 0 Å². The van der Waals surface area contributed by atoms with Crippen molar-refractivity contribution in [3.63, 3.8) is 0 Å². The van der Waals surface area contributed by atoms with Crippen LogP contribution in [-0.4, -0.2) is 43.0 Å². The summed E-state index contributed by atoms with van der Waals surface area (Å²) >= 11 is 0. The monoisotopic (exact) mass is 446 g/mol. The molecule has 31 heavy (non-hydrogen) atoms. The largest absolute Gasteiger partial charge is 0.465 e. The molecule has 1 aliphatic heterocycles. The molecule has 0 N–H and O–H groups in total. The Hall–Kier alpha value is -3.24. The van der Waals surface area contributed by atoms with Gasteiger partial charge in [-0.25, -0.2) is 22.8 Å². The summed E-state index contributed by atoms with van der Waals surface area (Å²) in [7, 11) is 1.11. The van der Waals surface area contributed by atoms with E-state index in [-0.39, 0.29) is 16.8 Å². The Labute approximate surface area is 172 Å². The average molecular weight is 446 g/mol. The van der Waals surface area contributed by atoms with Gasteiger partial charge in [-0.2, -0.15) is 13.2 Å². The molecule has 0 saturated carbocycles. The summed E-state index contributed by atoms with van der Waals surface area (Å²) in [5.41, 5.74) is -1.16. The van der Waals surface area contributed by atoms with Gasteiger partial charge in [-0.3, -0.25) is 4.90 Å². The second kappa shape index (κ2) is 8.12. The van der Waals surface area contributed by atoms with Gasteiger partial charge in [0.05, 0.1) is 37.9 Å². The molecule has 0 atom stereocenters. The van der Waals surface area contributed by atoms with Gasteiger partial charge in [0.15, 0.2) is 0 Å². The van der Waals surface area contributed by atoms with Gasteiger partial charge in [-0.1, -0.05) is 6.07 Å². The maximum absolute atomic E-state index is 14.5. The molecule has 0 unspecified atom stereocenters. The molecule has 1 aliphatic rings. The number of carbonyl (C=O) groups excluding carboxylic acids is 2. The number of likely N-dealkylation sites (tertiary alicyclic amines) is 1. The minimum Gasteiger partial charge on any atom is -0.465 e. The summed E-state index contributed by atoms with van der Waals surface area (Å²) in [4.78, 5) is 25.9. The van der Waals surface area contributed by atoms with Crippen LogP contribution in [0.15, 0.2) is 42.5 Å². The lowest BCUT2D eigenvalue weighted by atomic mass is 10.1. The number of amides is 2. The molecule has 1 heterocycles. The third-order valence-electron chi connectivity index (χ3n) is 4.65. The van der Waals surface area contributed by atoms with Crippen molar-refractivity contribution in [1.82, 2.24) is 4.90 Å². The fourth-order valence-electron chi connectivity index (χ4n) is 3.01. The second-order valence-corrected chi connectivity index (χ2v) is 6.92. The van der Waals surface area contributed by atoms with E-state index in [9.17, 15) is 35.9 Å². The molecule has 0 aliphatic carbocycles. The third kappa shape index (κ3) is 4.92. The van der Waals surface area contributed by atoms with E-state index >= 15 is 0 Å². The van der Waals surface area contributed by atoms with E-state index in [4.69, 9.17) is 0 Å². The lowest BCUT2D eigenvalue weighted by Crippen LogP contribution is -2.61. The first kappa shape index (κ1) is 22.4. The summed E-state index contributed by atoms with van der Waals surface area (Å²) < 4.78 is 83.9. The molecule has 0 radical (unpaired) electrons. The van der Waals surface area contributed by atoms with Crippen LogP contribution in [0.4, 0.5) is 36.8 Å². The highest BCUT2D eigenvalue weighted by atomic mass is 19.4. The van der Waals surface area contributed by atoms with Crippen molar-refractivity contribution in [3.05, 3.63) is 65.0 Å². The van der Waals surface area contributed by atoms with Gasteiger partial charge in [-0.05, 0) is 36.4 Å². The van der Waals surface area contributed by atoms with Crippen LogP contribution in [0.5, 0.6) is 0 Å². The van der Waals surface area contributed by atoms with Crippen molar-refractivity contribution >= 4 is 17.7 Å². The van der Waals surface area contributed by atoms with Gasteiger partial charge >= 0.3 is 18.2 Å². The molecule has 3 rings (SSSR count). The first-order chi connectivity index (χ1) is 14.4. The Morgan fingerprint density at radius 2 is 1.71 bits per heavy atom. The van der Waals surface area contributed by atoms with E-state index in [0.29, 0.717) is 0 Å². The van der Waals surface area contributed by atoms with Crippen LogP contribution in [0.3, 0.4) is 0 Å². The zero-order valence-corrected chi connectivity index (χ0v) is 16.0. The van der Waals surface area contributed by atoms with Crippen LogP contribution < -0.4 is 4.90 Å². The summed E-state index contributed by atoms with van der Waals surface area (Å²) in [5.74, 6) is -4.72. The van der Waals surface area contributed by atoms with Crippen LogP contribution in [0.25, 0.3) is 0 Å². The SMILES string of the molecule is COC(=O)c1ccc(CN(C(=O)N2CC(F)(F)C2)c2ccc(C(F)(F)F)cc2)c(F)c1. The quantitative estimate of drug-likeness (QED) is 0.505. The fourth-order valence-corrected chi connectivity index (χ4v) is 3.01. The number of rotatable bonds is 4. The first-order valence-corrected chi connectivity index (χ1v) is 8.89. The van der Waals surface area contributed by atoms with Crippen molar-refractivity contribution in [1.29, 1.82) is 0 Å². The normalized spacial score (nSPS) is 15.3. The molecule has 2 aromatic carbocycles. The molecular weight excluding hydrogens is 430 g/mol. The Morgan fingerprint density at radius 3 is 2.19 bits per heavy atom.